The van der Waals surface area contributed by atoms with Gasteiger partial charge in [-0.05, 0) is 63.6 Å². The van der Waals surface area contributed by atoms with Crippen molar-refractivity contribution in [3.05, 3.63) is 89.6 Å². The number of halogens is 1. The SMILES string of the molecule is Cc1cc(Oc2ccc(NC(=O)Nc3cc(C(C)(C)C)nn3-c3ccc(CNC(=O)CN(C(=O)[O-])C(C)(C)C)cc3)c(F)c2)ccn1. The highest BCUT2D eigenvalue weighted by molar-refractivity contribution is 5.99. The van der Waals surface area contributed by atoms with Crippen molar-refractivity contribution < 1.29 is 28.6 Å². The number of carbonyl (C=O) groups excluding carboxylic acids is 3. The molecule has 4 amide bonds. The second kappa shape index (κ2) is 13.9. The van der Waals surface area contributed by atoms with E-state index in [9.17, 15) is 23.9 Å². The van der Waals surface area contributed by atoms with E-state index < -0.39 is 29.4 Å². The number of rotatable bonds is 9. The minimum Gasteiger partial charge on any atom is -0.530 e. The fourth-order valence-corrected chi connectivity index (χ4v) is 4.41. The molecule has 0 saturated heterocycles. The average molecular weight is 645 g/mol. The lowest BCUT2D eigenvalue weighted by molar-refractivity contribution is -0.270. The molecule has 0 spiro atoms. The van der Waals surface area contributed by atoms with Gasteiger partial charge in [0.15, 0.2) is 0 Å². The number of ether oxygens (including phenoxy) is 1. The predicted molar refractivity (Wildman–Crippen MR) is 174 cm³/mol. The van der Waals surface area contributed by atoms with E-state index in [1.165, 1.54) is 12.1 Å². The Morgan fingerprint density at radius 1 is 0.936 bits per heavy atom. The Balaban J connectivity index is 1.45. The number of benzene rings is 2. The molecule has 0 saturated carbocycles. The number of aryl methyl sites for hydroxylation is 1. The summed E-state index contributed by atoms with van der Waals surface area (Å²) in [6.07, 6.45) is 0.172. The van der Waals surface area contributed by atoms with Crippen molar-refractivity contribution in [3.8, 4) is 17.2 Å². The summed E-state index contributed by atoms with van der Waals surface area (Å²) in [6.45, 7) is 12.6. The van der Waals surface area contributed by atoms with Gasteiger partial charge < -0.3 is 30.2 Å². The van der Waals surface area contributed by atoms with Gasteiger partial charge in [0.05, 0.1) is 23.6 Å². The molecule has 0 radical (unpaired) electrons. The number of nitrogens with zero attached hydrogens (tertiary/aromatic N) is 4. The van der Waals surface area contributed by atoms with Crippen LogP contribution in [0, 0.1) is 12.7 Å². The van der Waals surface area contributed by atoms with E-state index in [-0.39, 0.29) is 29.9 Å². The summed E-state index contributed by atoms with van der Waals surface area (Å²) in [4.78, 5) is 42.0. The molecule has 4 aromatic rings. The lowest BCUT2D eigenvalue weighted by atomic mass is 9.92. The monoisotopic (exact) mass is 644 g/mol. The lowest BCUT2D eigenvalue weighted by Gasteiger charge is -2.37. The number of amides is 4. The van der Waals surface area contributed by atoms with Crippen molar-refractivity contribution in [2.75, 3.05) is 17.2 Å². The van der Waals surface area contributed by atoms with Crippen LogP contribution in [-0.2, 0) is 16.8 Å². The minimum atomic E-state index is -1.42. The van der Waals surface area contributed by atoms with E-state index in [0.29, 0.717) is 22.9 Å². The molecule has 0 bridgehead atoms. The number of aromatic nitrogens is 3. The highest BCUT2D eigenvalue weighted by Crippen LogP contribution is 2.28. The third kappa shape index (κ3) is 9.28. The first-order chi connectivity index (χ1) is 22.0. The number of anilines is 2. The first-order valence-electron chi connectivity index (χ1n) is 14.9. The summed E-state index contributed by atoms with van der Waals surface area (Å²) in [7, 11) is 0. The summed E-state index contributed by atoms with van der Waals surface area (Å²) < 4.78 is 22.2. The largest absolute Gasteiger partial charge is 0.530 e. The second-order valence-electron chi connectivity index (χ2n) is 13.0. The molecule has 3 N–H and O–H groups in total. The van der Waals surface area contributed by atoms with Gasteiger partial charge in [-0.2, -0.15) is 5.10 Å². The Labute approximate surface area is 273 Å². The van der Waals surface area contributed by atoms with Gasteiger partial charge in [0.2, 0.25) is 5.91 Å². The Hall–Kier alpha value is -5.46. The summed E-state index contributed by atoms with van der Waals surface area (Å²) in [5, 5.41) is 24.2. The van der Waals surface area contributed by atoms with E-state index in [0.717, 1.165) is 16.2 Å². The average Bonchev–Trinajstić information content (AvgIpc) is 3.40. The zero-order valence-corrected chi connectivity index (χ0v) is 27.5. The fraction of sp³-hybridized carbons (Fsp3) is 0.324. The zero-order valence-electron chi connectivity index (χ0n) is 27.5. The molecule has 2 aromatic carbocycles. The van der Waals surface area contributed by atoms with Crippen LogP contribution in [0.4, 0.5) is 25.5 Å². The summed E-state index contributed by atoms with van der Waals surface area (Å²) in [6, 6.07) is 15.7. The van der Waals surface area contributed by atoms with Crippen LogP contribution in [0.2, 0.25) is 0 Å². The Morgan fingerprint density at radius 3 is 2.21 bits per heavy atom. The van der Waals surface area contributed by atoms with Gasteiger partial charge in [0.1, 0.15) is 29.2 Å². The van der Waals surface area contributed by atoms with Crippen molar-refractivity contribution >= 4 is 29.5 Å². The Kier molecular flexibility index (Phi) is 10.2. The Morgan fingerprint density at radius 2 is 1.62 bits per heavy atom. The maximum atomic E-state index is 14.9. The van der Waals surface area contributed by atoms with E-state index in [1.54, 1.807) is 80.2 Å². The number of urea groups is 1. The molecule has 0 aliphatic rings. The van der Waals surface area contributed by atoms with Gasteiger partial charge in [-0.15, -0.1) is 0 Å². The number of nitrogens with one attached hydrogen (secondary N) is 3. The molecule has 248 valence electrons. The topological polar surface area (TPSA) is 154 Å². The molecule has 4 rings (SSSR count). The van der Waals surface area contributed by atoms with Gasteiger partial charge in [0.25, 0.3) is 0 Å². The fourth-order valence-electron chi connectivity index (χ4n) is 4.41. The first-order valence-corrected chi connectivity index (χ1v) is 14.9. The van der Waals surface area contributed by atoms with Gasteiger partial charge in [-0.25, -0.2) is 13.9 Å². The Bertz CT molecular complexity index is 1760. The minimum absolute atomic E-state index is 0.0421. The van der Waals surface area contributed by atoms with Crippen molar-refractivity contribution in [3.63, 3.8) is 0 Å². The van der Waals surface area contributed by atoms with Crippen molar-refractivity contribution in [1.29, 1.82) is 0 Å². The zero-order chi connectivity index (χ0) is 34.5. The molecule has 0 unspecified atom stereocenters. The van der Waals surface area contributed by atoms with Crippen LogP contribution < -0.4 is 25.8 Å². The molecule has 0 fully saturated rings. The normalized spacial score (nSPS) is 11.5. The van der Waals surface area contributed by atoms with Gasteiger partial charge in [0, 0.05) is 47.6 Å². The smallest absolute Gasteiger partial charge is 0.324 e. The first kappa shape index (κ1) is 34.4. The van der Waals surface area contributed by atoms with Crippen LogP contribution in [0.5, 0.6) is 11.5 Å². The van der Waals surface area contributed by atoms with Crippen LogP contribution in [0.1, 0.15) is 58.5 Å². The van der Waals surface area contributed by atoms with Crippen molar-refractivity contribution in [2.45, 2.75) is 66.0 Å². The van der Waals surface area contributed by atoms with Crippen LogP contribution in [-0.4, -0.2) is 49.8 Å². The number of hydrogen-bond acceptors (Lipinski definition) is 7. The lowest BCUT2D eigenvalue weighted by Crippen LogP contribution is -2.54. The van der Waals surface area contributed by atoms with E-state index >= 15 is 0 Å². The molecule has 0 atom stereocenters. The number of carbonyl (C=O) groups is 3. The molecule has 47 heavy (non-hydrogen) atoms. The van der Waals surface area contributed by atoms with Gasteiger partial charge >= 0.3 is 6.03 Å². The third-order valence-corrected chi connectivity index (χ3v) is 7.01. The van der Waals surface area contributed by atoms with E-state index in [1.807, 2.05) is 27.7 Å². The molecular formula is C34H39FN7O5-. The maximum absolute atomic E-state index is 14.9. The third-order valence-electron chi connectivity index (χ3n) is 7.01. The summed E-state index contributed by atoms with van der Waals surface area (Å²) >= 11 is 0. The molecule has 2 aromatic heterocycles. The van der Waals surface area contributed by atoms with Crippen molar-refractivity contribution in [1.82, 2.24) is 25.0 Å². The number of pyridine rings is 1. The molecule has 13 heteroatoms. The van der Waals surface area contributed by atoms with E-state index in [2.05, 4.69) is 20.9 Å². The van der Waals surface area contributed by atoms with Gasteiger partial charge in [-0.3, -0.25) is 15.1 Å². The van der Waals surface area contributed by atoms with Crippen LogP contribution in [0.15, 0.2) is 66.9 Å². The quantitative estimate of drug-likeness (QED) is 0.217. The van der Waals surface area contributed by atoms with E-state index in [4.69, 9.17) is 9.84 Å². The van der Waals surface area contributed by atoms with Crippen molar-refractivity contribution in [2.24, 2.45) is 0 Å². The second-order valence-corrected chi connectivity index (χ2v) is 13.0. The number of hydrogen-bond donors (Lipinski definition) is 3. The molecule has 0 aliphatic carbocycles. The molecule has 12 nitrogen and oxygen atoms in total. The predicted octanol–water partition coefficient (Wildman–Crippen LogP) is 5.51. The summed E-state index contributed by atoms with van der Waals surface area (Å²) in [5.41, 5.74) is 1.68. The summed E-state index contributed by atoms with van der Waals surface area (Å²) in [5.74, 6) is -0.0152. The molecule has 0 aliphatic heterocycles. The van der Waals surface area contributed by atoms with Crippen LogP contribution in [0.3, 0.4) is 0 Å². The van der Waals surface area contributed by atoms with Crippen LogP contribution in [0.25, 0.3) is 5.69 Å². The number of carboxylic acid groups (broad SMARTS) is 1. The molecular weight excluding hydrogens is 605 g/mol. The standard InChI is InChI=1S/C34H40FN7O5/c1-21-16-25(14-15-36-21)47-24-12-13-27(26(35)17-24)38-31(44)39-29-18-28(33(2,3)4)40-42(29)23-10-8-22(9-11-23)19-37-30(43)20-41(32(45)46)34(5,6)7/h8-18H,19-20H2,1-7H3,(H,37,43)(H,45,46)(H2,38,39,44)/p-1. The highest BCUT2D eigenvalue weighted by atomic mass is 19.1. The van der Waals surface area contributed by atoms with Crippen LogP contribution >= 0.6 is 0 Å². The maximum Gasteiger partial charge on any atom is 0.324 e. The molecule has 2 heterocycles. The highest BCUT2D eigenvalue weighted by Gasteiger charge is 2.24. The van der Waals surface area contributed by atoms with Gasteiger partial charge in [-0.1, -0.05) is 32.9 Å².